The van der Waals surface area contributed by atoms with Gasteiger partial charge in [0.2, 0.25) is 5.91 Å². The number of carboxylic acid groups (broad SMARTS) is 1. The number of phosphoric acid groups is 1. The first-order chi connectivity index (χ1) is 23.6. The van der Waals surface area contributed by atoms with Gasteiger partial charge in [0.25, 0.3) is 0 Å². The topological polar surface area (TPSA) is 169 Å². The van der Waals surface area contributed by atoms with E-state index in [-0.39, 0.29) is 12.8 Å². The van der Waals surface area contributed by atoms with E-state index in [1.54, 1.807) is 0 Å². The molecule has 0 aromatic heterocycles. The molecule has 0 saturated heterocycles. The van der Waals surface area contributed by atoms with Crippen LogP contribution < -0.4 is 5.32 Å². The Hall–Kier alpha value is -1.78. The van der Waals surface area contributed by atoms with Gasteiger partial charge in [-0.25, -0.2) is 9.36 Å². The van der Waals surface area contributed by atoms with E-state index in [4.69, 9.17) is 13.8 Å². The van der Waals surface area contributed by atoms with Crippen molar-refractivity contribution in [2.45, 2.75) is 187 Å². The number of carbonyl (C=O) groups excluding carboxylic acids is 2. The zero-order valence-electron chi connectivity index (χ0n) is 30.8. The molecule has 11 nitrogen and oxygen atoms in total. The van der Waals surface area contributed by atoms with Crippen LogP contribution in [0.2, 0.25) is 0 Å². The Morgan fingerprint density at radius 2 is 1.06 bits per heavy atom. The lowest BCUT2D eigenvalue weighted by atomic mass is 10.1. The summed E-state index contributed by atoms with van der Waals surface area (Å²) < 4.78 is 26.6. The van der Waals surface area contributed by atoms with Gasteiger partial charge in [0.05, 0.1) is 13.2 Å². The second kappa shape index (κ2) is 33.4. The molecule has 0 saturated carbocycles. The Balaban J connectivity index is 3.95. The molecule has 288 valence electrons. The summed E-state index contributed by atoms with van der Waals surface area (Å²) >= 11 is 0. The number of aliphatic hydroxyl groups is 1. The molecule has 3 atom stereocenters. The van der Waals surface area contributed by atoms with Gasteiger partial charge in [-0.05, 0) is 38.5 Å². The number of esters is 1. The highest BCUT2D eigenvalue weighted by Gasteiger charge is 2.28. The summed E-state index contributed by atoms with van der Waals surface area (Å²) in [6.07, 6.45) is 29.7. The summed E-state index contributed by atoms with van der Waals surface area (Å²) in [6.45, 7) is 2.53. The van der Waals surface area contributed by atoms with E-state index in [1.165, 1.54) is 83.5 Å². The Morgan fingerprint density at radius 3 is 1.55 bits per heavy atom. The number of hydrogen-bond acceptors (Lipinski definition) is 8. The third-order valence-electron chi connectivity index (χ3n) is 8.30. The lowest BCUT2D eigenvalue weighted by molar-refractivity contribution is -0.147. The number of unbranched alkanes of at least 4 members (excludes halogenated alkanes) is 20. The van der Waals surface area contributed by atoms with Crippen molar-refractivity contribution in [2.75, 3.05) is 19.8 Å². The Bertz CT molecular complexity index is 900. The minimum absolute atomic E-state index is 0.143. The van der Waals surface area contributed by atoms with Gasteiger partial charge in [0.1, 0.15) is 12.7 Å². The van der Waals surface area contributed by atoms with E-state index in [1.807, 2.05) is 0 Å². The van der Waals surface area contributed by atoms with Crippen molar-refractivity contribution in [3.8, 4) is 0 Å². The SMILES string of the molecule is CCCCCCCC/C=C\CCCCCCCCCC(=O)NC(COP(=O)(O)OCC(O)COC(=O)CCCCCCCCCC)C(=O)O. The summed E-state index contributed by atoms with van der Waals surface area (Å²) in [6, 6.07) is -1.54. The van der Waals surface area contributed by atoms with Gasteiger partial charge in [-0.3, -0.25) is 18.6 Å². The van der Waals surface area contributed by atoms with E-state index in [2.05, 4.69) is 31.3 Å². The first-order valence-electron chi connectivity index (χ1n) is 19.2. The van der Waals surface area contributed by atoms with E-state index < -0.39 is 57.6 Å². The largest absolute Gasteiger partial charge is 0.480 e. The van der Waals surface area contributed by atoms with Crippen LogP contribution in [0.4, 0.5) is 0 Å². The number of carbonyl (C=O) groups is 3. The number of hydrogen-bond donors (Lipinski definition) is 4. The molecule has 49 heavy (non-hydrogen) atoms. The number of carboxylic acids is 1. The van der Waals surface area contributed by atoms with Crippen molar-refractivity contribution in [3.63, 3.8) is 0 Å². The number of ether oxygens (including phenoxy) is 1. The standard InChI is InChI=1S/C37H70NO10P/c1-3-5-7-9-11-13-14-15-16-17-18-19-20-21-22-24-26-28-35(40)38-34(37(42)43)32-48-49(44,45)47-31-33(39)30-46-36(41)29-27-25-23-12-10-8-6-4-2/h15-16,33-34,39H,3-14,17-32H2,1-2H3,(H,38,40)(H,42,43)(H,44,45)/b16-15-. The van der Waals surface area contributed by atoms with Crippen LogP contribution in [-0.2, 0) is 32.7 Å². The molecule has 1 amide bonds. The zero-order valence-corrected chi connectivity index (χ0v) is 31.6. The average Bonchev–Trinajstić information content (AvgIpc) is 3.07. The molecule has 0 bridgehead atoms. The number of phosphoric ester groups is 1. The van der Waals surface area contributed by atoms with Crippen molar-refractivity contribution in [2.24, 2.45) is 0 Å². The minimum Gasteiger partial charge on any atom is -0.480 e. The maximum atomic E-state index is 12.3. The summed E-state index contributed by atoms with van der Waals surface area (Å²) in [5, 5.41) is 21.7. The first kappa shape index (κ1) is 47.2. The smallest absolute Gasteiger partial charge is 0.472 e. The monoisotopic (exact) mass is 719 g/mol. The molecule has 4 N–H and O–H groups in total. The molecule has 0 aromatic carbocycles. The molecule has 0 spiro atoms. The number of aliphatic hydroxyl groups excluding tert-OH is 1. The maximum Gasteiger partial charge on any atom is 0.472 e. The quantitative estimate of drug-likeness (QED) is 0.0212. The zero-order chi connectivity index (χ0) is 36.4. The predicted molar refractivity (Wildman–Crippen MR) is 194 cm³/mol. The fourth-order valence-electron chi connectivity index (χ4n) is 5.25. The molecule has 0 rings (SSSR count). The highest BCUT2D eigenvalue weighted by Crippen LogP contribution is 2.43. The van der Waals surface area contributed by atoms with Crippen LogP contribution in [0.25, 0.3) is 0 Å². The maximum absolute atomic E-state index is 12.3. The van der Waals surface area contributed by atoms with Crippen LogP contribution >= 0.6 is 7.82 Å². The van der Waals surface area contributed by atoms with Crippen LogP contribution in [0, 0.1) is 0 Å². The lowest BCUT2D eigenvalue weighted by Crippen LogP contribution is -2.43. The first-order valence-corrected chi connectivity index (χ1v) is 20.7. The third-order valence-corrected chi connectivity index (χ3v) is 9.26. The van der Waals surface area contributed by atoms with Crippen LogP contribution in [0.3, 0.4) is 0 Å². The molecular weight excluding hydrogens is 649 g/mol. The highest BCUT2D eigenvalue weighted by atomic mass is 31.2. The molecule has 0 heterocycles. The number of rotatable bonds is 36. The number of allylic oxidation sites excluding steroid dienone is 2. The minimum atomic E-state index is -4.74. The molecule has 0 aliphatic carbocycles. The Labute approximate surface area is 296 Å². The van der Waals surface area contributed by atoms with E-state index in [9.17, 15) is 34.1 Å². The Kier molecular flexibility index (Phi) is 32.2. The molecule has 12 heteroatoms. The highest BCUT2D eigenvalue weighted by molar-refractivity contribution is 7.47. The Morgan fingerprint density at radius 1 is 0.633 bits per heavy atom. The van der Waals surface area contributed by atoms with E-state index >= 15 is 0 Å². The summed E-state index contributed by atoms with van der Waals surface area (Å²) in [5.41, 5.74) is 0. The molecule has 0 radical (unpaired) electrons. The van der Waals surface area contributed by atoms with Crippen molar-refractivity contribution < 1.29 is 47.8 Å². The van der Waals surface area contributed by atoms with Gasteiger partial charge in [-0.1, -0.05) is 135 Å². The van der Waals surface area contributed by atoms with Crippen LogP contribution in [-0.4, -0.2) is 64.9 Å². The van der Waals surface area contributed by atoms with E-state index in [0.29, 0.717) is 12.8 Å². The second-order valence-electron chi connectivity index (χ2n) is 13.1. The number of nitrogens with one attached hydrogen (secondary N) is 1. The van der Waals surface area contributed by atoms with Crippen LogP contribution in [0.1, 0.15) is 174 Å². The van der Waals surface area contributed by atoms with Crippen molar-refractivity contribution >= 4 is 25.7 Å². The van der Waals surface area contributed by atoms with Gasteiger partial charge in [0, 0.05) is 12.8 Å². The van der Waals surface area contributed by atoms with E-state index in [0.717, 1.165) is 51.4 Å². The van der Waals surface area contributed by atoms with Crippen molar-refractivity contribution in [3.05, 3.63) is 12.2 Å². The van der Waals surface area contributed by atoms with Gasteiger partial charge >= 0.3 is 19.8 Å². The number of amides is 1. The summed E-state index contributed by atoms with van der Waals surface area (Å²) in [5.74, 6) is -2.38. The second-order valence-corrected chi connectivity index (χ2v) is 14.6. The average molecular weight is 720 g/mol. The normalized spacial score (nSPS) is 14.0. The number of aliphatic carboxylic acids is 1. The lowest BCUT2D eigenvalue weighted by Gasteiger charge is -2.18. The van der Waals surface area contributed by atoms with Crippen LogP contribution in [0.15, 0.2) is 12.2 Å². The van der Waals surface area contributed by atoms with Crippen molar-refractivity contribution in [1.82, 2.24) is 5.32 Å². The third kappa shape index (κ3) is 33.1. The van der Waals surface area contributed by atoms with Gasteiger partial charge in [0.15, 0.2) is 6.04 Å². The van der Waals surface area contributed by atoms with Gasteiger partial charge in [-0.2, -0.15) is 0 Å². The molecule has 0 aliphatic rings. The summed E-state index contributed by atoms with van der Waals surface area (Å²) in [4.78, 5) is 45.6. The van der Waals surface area contributed by atoms with Gasteiger partial charge in [-0.15, -0.1) is 0 Å². The molecular formula is C37H70NO10P. The predicted octanol–water partition coefficient (Wildman–Crippen LogP) is 8.94. The molecule has 0 aliphatic heterocycles. The summed E-state index contributed by atoms with van der Waals surface area (Å²) in [7, 11) is -4.74. The fourth-order valence-corrected chi connectivity index (χ4v) is 6.02. The molecule has 0 fully saturated rings. The van der Waals surface area contributed by atoms with Gasteiger partial charge < -0.3 is 25.2 Å². The van der Waals surface area contributed by atoms with Crippen LogP contribution in [0.5, 0.6) is 0 Å². The fraction of sp³-hybridized carbons (Fsp3) is 0.865. The molecule has 0 aromatic rings. The molecule has 3 unspecified atom stereocenters. The van der Waals surface area contributed by atoms with Crippen molar-refractivity contribution in [1.29, 1.82) is 0 Å².